The second kappa shape index (κ2) is 7.52. The number of rotatable bonds is 5. The van der Waals surface area contributed by atoms with Crippen molar-refractivity contribution in [3.05, 3.63) is 41.8 Å². The highest BCUT2D eigenvalue weighted by atomic mass is 32.2. The van der Waals surface area contributed by atoms with Crippen molar-refractivity contribution < 1.29 is 22.1 Å². The summed E-state index contributed by atoms with van der Waals surface area (Å²) in [5, 5.41) is 6.28. The Balaban J connectivity index is 1.55. The number of nitrogens with zero attached hydrogens (tertiary/aromatic N) is 3. The summed E-state index contributed by atoms with van der Waals surface area (Å²) in [5.41, 5.74) is 0.660. The molecule has 26 heavy (non-hydrogen) atoms. The van der Waals surface area contributed by atoms with Crippen LogP contribution in [-0.4, -0.2) is 61.4 Å². The van der Waals surface area contributed by atoms with Crippen LogP contribution in [0.3, 0.4) is 0 Å². The van der Waals surface area contributed by atoms with Crippen LogP contribution in [0.25, 0.3) is 0 Å². The van der Waals surface area contributed by atoms with Gasteiger partial charge in [-0.05, 0) is 19.1 Å². The van der Waals surface area contributed by atoms with E-state index in [2.05, 4.69) is 10.5 Å². The molecule has 0 saturated carbocycles. The molecule has 1 aliphatic rings. The third kappa shape index (κ3) is 4.09. The molecule has 0 aliphatic carbocycles. The van der Waals surface area contributed by atoms with Gasteiger partial charge in [0.05, 0.1) is 12.2 Å². The molecule has 0 unspecified atom stereocenters. The third-order valence-electron chi connectivity index (χ3n) is 4.04. The second-order valence-corrected chi connectivity index (χ2v) is 7.90. The van der Waals surface area contributed by atoms with Gasteiger partial charge < -0.3 is 4.52 Å². The van der Waals surface area contributed by atoms with E-state index in [9.17, 15) is 17.6 Å². The van der Waals surface area contributed by atoms with Crippen molar-refractivity contribution in [3.63, 3.8) is 0 Å². The lowest BCUT2D eigenvalue weighted by Crippen LogP contribution is -2.50. The molecule has 10 heteroatoms. The number of aromatic nitrogens is 1. The van der Waals surface area contributed by atoms with Crippen LogP contribution < -0.4 is 5.32 Å². The lowest BCUT2D eigenvalue weighted by Gasteiger charge is -2.33. The highest BCUT2D eigenvalue weighted by molar-refractivity contribution is 7.89. The van der Waals surface area contributed by atoms with Crippen molar-refractivity contribution in [3.8, 4) is 0 Å². The Morgan fingerprint density at radius 1 is 1.27 bits per heavy atom. The van der Waals surface area contributed by atoms with E-state index in [-0.39, 0.29) is 36.3 Å². The van der Waals surface area contributed by atoms with Gasteiger partial charge >= 0.3 is 0 Å². The zero-order chi connectivity index (χ0) is 18.7. The molecule has 1 aliphatic heterocycles. The Bertz CT molecular complexity index is 891. The molecule has 0 bridgehead atoms. The molecule has 1 saturated heterocycles. The largest absolute Gasteiger partial charge is 0.338 e. The minimum atomic E-state index is -3.88. The highest BCUT2D eigenvalue weighted by Crippen LogP contribution is 2.20. The molecule has 1 aromatic heterocycles. The summed E-state index contributed by atoms with van der Waals surface area (Å²) >= 11 is 0. The molecule has 1 aromatic carbocycles. The van der Waals surface area contributed by atoms with Gasteiger partial charge in [-0.3, -0.25) is 15.0 Å². The first-order valence-electron chi connectivity index (χ1n) is 8.06. The Morgan fingerprint density at radius 2 is 1.96 bits per heavy atom. The van der Waals surface area contributed by atoms with Gasteiger partial charge in [0.15, 0.2) is 0 Å². The van der Waals surface area contributed by atoms with Crippen LogP contribution in [0.15, 0.2) is 39.8 Å². The molecule has 1 fully saturated rings. The number of hydrogen-bond acceptors (Lipinski definition) is 6. The smallest absolute Gasteiger partial charge is 0.246 e. The van der Waals surface area contributed by atoms with E-state index in [1.807, 2.05) is 4.90 Å². The Morgan fingerprint density at radius 3 is 2.58 bits per heavy atom. The van der Waals surface area contributed by atoms with Gasteiger partial charge in [-0.2, -0.15) is 4.31 Å². The summed E-state index contributed by atoms with van der Waals surface area (Å²) in [6.07, 6.45) is 0. The molecule has 1 N–H and O–H groups in total. The molecule has 140 valence electrons. The lowest BCUT2D eigenvalue weighted by atomic mass is 10.3. The molecule has 8 nitrogen and oxygen atoms in total. The van der Waals surface area contributed by atoms with Crippen molar-refractivity contribution in [2.75, 3.05) is 38.0 Å². The maximum Gasteiger partial charge on any atom is 0.246 e. The zero-order valence-electron chi connectivity index (χ0n) is 14.2. The maximum absolute atomic E-state index is 13.8. The standard InChI is InChI=1S/C16H19FN4O4S/c1-12-10-16(25-19-12)18-15(22)11-20-6-8-21(9-7-20)26(23,24)14-5-3-2-4-13(14)17/h2-5,10H,6-9,11H2,1H3,(H,18,22). The normalized spacial score (nSPS) is 16.5. The third-order valence-corrected chi connectivity index (χ3v) is 5.98. The predicted octanol–water partition coefficient (Wildman–Crippen LogP) is 1.07. The van der Waals surface area contributed by atoms with E-state index in [1.54, 1.807) is 13.0 Å². The minimum Gasteiger partial charge on any atom is -0.338 e. The minimum absolute atomic E-state index is 0.104. The van der Waals surface area contributed by atoms with E-state index in [0.717, 1.165) is 6.07 Å². The van der Waals surface area contributed by atoms with E-state index in [0.29, 0.717) is 18.8 Å². The predicted molar refractivity (Wildman–Crippen MR) is 91.5 cm³/mol. The van der Waals surface area contributed by atoms with Crippen LogP contribution >= 0.6 is 0 Å². The molecular weight excluding hydrogens is 363 g/mol. The number of hydrogen-bond donors (Lipinski definition) is 1. The van der Waals surface area contributed by atoms with Gasteiger partial charge in [0.1, 0.15) is 10.7 Å². The van der Waals surface area contributed by atoms with Crippen LogP contribution in [0.4, 0.5) is 10.3 Å². The van der Waals surface area contributed by atoms with Gasteiger partial charge in [0.25, 0.3) is 0 Å². The van der Waals surface area contributed by atoms with Crippen LogP contribution in [0, 0.1) is 12.7 Å². The van der Waals surface area contributed by atoms with Crippen LogP contribution in [0.2, 0.25) is 0 Å². The summed E-state index contributed by atoms with van der Waals surface area (Å²) in [4.78, 5) is 13.5. The summed E-state index contributed by atoms with van der Waals surface area (Å²) < 4.78 is 45.1. The number of carbonyl (C=O) groups excluding carboxylic acids is 1. The number of amides is 1. The summed E-state index contributed by atoms with van der Waals surface area (Å²) in [6, 6.07) is 6.92. The first kappa shape index (κ1) is 18.5. The summed E-state index contributed by atoms with van der Waals surface area (Å²) in [5.74, 6) is -0.767. The number of benzene rings is 1. The number of nitrogens with one attached hydrogen (secondary N) is 1. The van der Waals surface area contributed by atoms with Crippen LogP contribution in [-0.2, 0) is 14.8 Å². The first-order chi connectivity index (χ1) is 12.4. The molecule has 3 rings (SSSR count). The molecule has 0 spiro atoms. The van der Waals surface area contributed by atoms with Gasteiger partial charge in [-0.15, -0.1) is 0 Å². The SMILES string of the molecule is Cc1cc(NC(=O)CN2CCN(S(=O)(=O)c3ccccc3F)CC2)on1. The molecule has 2 aromatic rings. The number of piperazine rings is 1. The fourth-order valence-electron chi connectivity index (χ4n) is 2.72. The Labute approximate surface area is 150 Å². The van der Waals surface area contributed by atoms with E-state index in [1.165, 1.54) is 22.5 Å². The van der Waals surface area contributed by atoms with Crippen LogP contribution in [0.1, 0.15) is 5.69 Å². The first-order valence-corrected chi connectivity index (χ1v) is 9.50. The average molecular weight is 382 g/mol. The second-order valence-electron chi connectivity index (χ2n) is 5.99. The van der Waals surface area contributed by atoms with Crippen LogP contribution in [0.5, 0.6) is 0 Å². The summed E-state index contributed by atoms with van der Waals surface area (Å²) in [7, 11) is -3.88. The highest BCUT2D eigenvalue weighted by Gasteiger charge is 2.30. The van der Waals surface area contributed by atoms with Gasteiger partial charge in [-0.25, -0.2) is 12.8 Å². The fraction of sp³-hybridized carbons (Fsp3) is 0.375. The number of anilines is 1. The number of carbonyl (C=O) groups is 1. The zero-order valence-corrected chi connectivity index (χ0v) is 15.0. The maximum atomic E-state index is 13.8. The molecule has 0 atom stereocenters. The van der Waals surface area contributed by atoms with E-state index < -0.39 is 15.8 Å². The van der Waals surface area contributed by atoms with Crippen molar-refractivity contribution >= 4 is 21.8 Å². The topological polar surface area (TPSA) is 95.8 Å². The quantitative estimate of drug-likeness (QED) is 0.831. The fourth-order valence-corrected chi connectivity index (χ4v) is 4.21. The molecule has 2 heterocycles. The van der Waals surface area contributed by atoms with Crippen molar-refractivity contribution in [1.82, 2.24) is 14.4 Å². The van der Waals surface area contributed by atoms with Crippen molar-refractivity contribution in [2.24, 2.45) is 0 Å². The van der Waals surface area contributed by atoms with E-state index in [4.69, 9.17) is 4.52 Å². The van der Waals surface area contributed by atoms with Crippen molar-refractivity contribution in [1.29, 1.82) is 0 Å². The summed E-state index contributed by atoms with van der Waals surface area (Å²) in [6.45, 7) is 2.96. The number of aryl methyl sites for hydroxylation is 1. The number of sulfonamides is 1. The van der Waals surface area contributed by atoms with Gasteiger partial charge in [0.2, 0.25) is 21.8 Å². The molecule has 1 amide bonds. The molecule has 0 radical (unpaired) electrons. The Kier molecular flexibility index (Phi) is 5.35. The average Bonchev–Trinajstić information content (AvgIpc) is 3.00. The Hall–Kier alpha value is -2.30. The van der Waals surface area contributed by atoms with Crippen molar-refractivity contribution in [2.45, 2.75) is 11.8 Å². The van der Waals surface area contributed by atoms with Gasteiger partial charge in [-0.1, -0.05) is 17.3 Å². The molecular formula is C16H19FN4O4S. The van der Waals surface area contributed by atoms with Gasteiger partial charge in [0, 0.05) is 32.2 Å². The number of halogens is 1. The van der Waals surface area contributed by atoms with E-state index >= 15 is 0 Å². The lowest BCUT2D eigenvalue weighted by molar-refractivity contribution is -0.117. The monoisotopic (exact) mass is 382 g/mol.